The van der Waals surface area contributed by atoms with E-state index in [0.717, 1.165) is 30.5 Å². The van der Waals surface area contributed by atoms with E-state index in [9.17, 15) is 13.2 Å². The normalized spacial score (nSPS) is 20.0. The molecule has 27 heavy (non-hydrogen) atoms. The first-order chi connectivity index (χ1) is 13.0. The number of carbonyl (C=O) groups is 1. The highest BCUT2D eigenvalue weighted by Crippen LogP contribution is 2.18. The van der Waals surface area contributed by atoms with Crippen LogP contribution in [0.4, 0.5) is 5.69 Å². The molecule has 1 N–H and O–H groups in total. The second-order valence-electron chi connectivity index (χ2n) is 7.16. The minimum Gasteiger partial charge on any atom is -0.326 e. The van der Waals surface area contributed by atoms with Gasteiger partial charge in [0.05, 0.1) is 0 Å². The number of benzene rings is 1. The molecular formula is C19H30N4O3S. The summed E-state index contributed by atoms with van der Waals surface area (Å²) in [6, 6.07) is 7.85. The van der Waals surface area contributed by atoms with Gasteiger partial charge in [-0.1, -0.05) is 25.1 Å². The van der Waals surface area contributed by atoms with E-state index < -0.39 is 10.2 Å². The summed E-state index contributed by atoms with van der Waals surface area (Å²) in [5, 5.41) is 2.99. The lowest BCUT2D eigenvalue weighted by molar-refractivity contribution is -0.116. The van der Waals surface area contributed by atoms with Gasteiger partial charge >= 0.3 is 0 Å². The number of amides is 1. The van der Waals surface area contributed by atoms with Crippen LogP contribution in [0, 0.1) is 0 Å². The molecule has 0 bridgehead atoms. The number of aryl methyl sites for hydroxylation is 1. The Labute approximate surface area is 162 Å². The fourth-order valence-electron chi connectivity index (χ4n) is 3.69. The van der Waals surface area contributed by atoms with Crippen LogP contribution in [0.25, 0.3) is 0 Å². The lowest BCUT2D eigenvalue weighted by Gasteiger charge is -2.35. The Morgan fingerprint density at radius 1 is 1.00 bits per heavy atom. The van der Waals surface area contributed by atoms with Crippen LogP contribution >= 0.6 is 0 Å². The summed E-state index contributed by atoms with van der Waals surface area (Å²) < 4.78 is 28.4. The van der Waals surface area contributed by atoms with Crippen molar-refractivity contribution in [2.24, 2.45) is 0 Å². The van der Waals surface area contributed by atoms with Gasteiger partial charge < -0.3 is 10.2 Å². The minimum atomic E-state index is -3.30. The highest BCUT2D eigenvalue weighted by Gasteiger charge is 2.33. The third-order valence-corrected chi connectivity index (χ3v) is 7.41. The summed E-state index contributed by atoms with van der Waals surface area (Å²) in [5.41, 5.74) is 2.01. The maximum atomic E-state index is 12.6. The van der Waals surface area contributed by atoms with Gasteiger partial charge in [0.2, 0.25) is 5.91 Å². The Morgan fingerprint density at radius 3 is 2.30 bits per heavy atom. The highest BCUT2D eigenvalue weighted by atomic mass is 32.2. The molecule has 8 heteroatoms. The van der Waals surface area contributed by atoms with Crippen LogP contribution in [0.3, 0.4) is 0 Å². The lowest BCUT2D eigenvalue weighted by atomic mass is 10.1. The second-order valence-corrected chi connectivity index (χ2v) is 9.09. The van der Waals surface area contributed by atoms with Crippen molar-refractivity contribution >= 4 is 21.8 Å². The van der Waals surface area contributed by atoms with Gasteiger partial charge in [0.25, 0.3) is 10.2 Å². The number of hydrogen-bond acceptors (Lipinski definition) is 4. The summed E-state index contributed by atoms with van der Waals surface area (Å²) >= 11 is 0. The summed E-state index contributed by atoms with van der Waals surface area (Å²) in [6.45, 7) is 6.35. The number of para-hydroxylation sites is 1. The average Bonchev–Trinajstić information content (AvgIpc) is 3.23. The molecule has 2 fully saturated rings. The van der Waals surface area contributed by atoms with Crippen molar-refractivity contribution < 1.29 is 13.2 Å². The molecule has 0 atom stereocenters. The Bertz CT molecular complexity index is 739. The van der Waals surface area contributed by atoms with Gasteiger partial charge in [-0.05, 0) is 30.9 Å². The summed E-state index contributed by atoms with van der Waals surface area (Å²) in [5.74, 6) is 0.00279. The molecule has 0 radical (unpaired) electrons. The van der Waals surface area contributed by atoms with E-state index in [1.54, 1.807) is 8.61 Å². The van der Waals surface area contributed by atoms with E-state index in [1.807, 2.05) is 24.3 Å². The Hall–Kier alpha value is -1.48. The number of nitrogens with zero attached hydrogens (tertiary/aromatic N) is 3. The van der Waals surface area contributed by atoms with Crippen LogP contribution in [0.15, 0.2) is 24.3 Å². The summed E-state index contributed by atoms with van der Waals surface area (Å²) in [6.07, 6.45) is 3.20. The summed E-state index contributed by atoms with van der Waals surface area (Å²) in [7, 11) is -3.30. The smallest absolute Gasteiger partial charge is 0.282 e. The van der Waals surface area contributed by atoms with Crippen LogP contribution in [0.1, 0.15) is 31.7 Å². The van der Waals surface area contributed by atoms with Crippen molar-refractivity contribution in [2.45, 2.75) is 32.6 Å². The monoisotopic (exact) mass is 394 g/mol. The second kappa shape index (κ2) is 9.14. The third kappa shape index (κ3) is 5.07. The molecule has 7 nitrogen and oxygen atoms in total. The van der Waals surface area contributed by atoms with Gasteiger partial charge in [-0.15, -0.1) is 0 Å². The SMILES string of the molecule is CCc1ccccc1NC(=O)CCN1CCN(S(=O)(=O)N2CCCC2)CC1. The first-order valence-electron chi connectivity index (χ1n) is 9.86. The Balaban J connectivity index is 1.43. The van der Waals surface area contributed by atoms with Crippen molar-refractivity contribution in [1.29, 1.82) is 0 Å². The highest BCUT2D eigenvalue weighted by molar-refractivity contribution is 7.86. The zero-order valence-electron chi connectivity index (χ0n) is 16.1. The molecule has 150 valence electrons. The molecule has 3 rings (SSSR count). The van der Waals surface area contributed by atoms with E-state index in [0.29, 0.717) is 52.2 Å². The number of carbonyl (C=O) groups excluding carboxylic acids is 1. The van der Waals surface area contributed by atoms with E-state index in [-0.39, 0.29) is 5.91 Å². The molecule has 0 saturated carbocycles. The molecule has 1 aromatic carbocycles. The van der Waals surface area contributed by atoms with Crippen molar-refractivity contribution in [2.75, 3.05) is 51.1 Å². The molecule has 0 spiro atoms. The van der Waals surface area contributed by atoms with Gasteiger partial charge in [0, 0.05) is 57.9 Å². The van der Waals surface area contributed by atoms with Gasteiger partial charge in [-0.25, -0.2) is 0 Å². The van der Waals surface area contributed by atoms with Crippen LogP contribution in [0.5, 0.6) is 0 Å². The standard InChI is InChI=1S/C19H30N4O3S/c1-2-17-7-3-4-8-18(17)20-19(24)9-12-21-13-15-23(16-14-21)27(25,26)22-10-5-6-11-22/h3-4,7-8H,2,5-6,9-16H2,1H3,(H,20,24). The van der Waals surface area contributed by atoms with E-state index in [4.69, 9.17) is 0 Å². The zero-order chi connectivity index (χ0) is 19.3. The Morgan fingerprint density at radius 2 is 1.63 bits per heavy atom. The van der Waals surface area contributed by atoms with E-state index in [1.165, 1.54) is 0 Å². The van der Waals surface area contributed by atoms with Gasteiger partial charge in [-0.2, -0.15) is 17.0 Å². The van der Waals surface area contributed by atoms with Gasteiger partial charge in [-0.3, -0.25) is 4.79 Å². The molecule has 0 unspecified atom stereocenters. The quantitative estimate of drug-likeness (QED) is 0.761. The molecule has 0 aliphatic carbocycles. The van der Waals surface area contributed by atoms with Crippen LogP contribution in [-0.2, 0) is 21.4 Å². The summed E-state index contributed by atoms with van der Waals surface area (Å²) in [4.78, 5) is 14.4. The molecule has 1 amide bonds. The lowest BCUT2D eigenvalue weighted by Crippen LogP contribution is -2.52. The predicted octanol–water partition coefficient (Wildman–Crippen LogP) is 1.54. The third-order valence-electron chi connectivity index (χ3n) is 5.38. The number of piperazine rings is 1. The minimum absolute atomic E-state index is 0.00279. The molecule has 0 aromatic heterocycles. The molecule has 1 aromatic rings. The maximum Gasteiger partial charge on any atom is 0.282 e. The van der Waals surface area contributed by atoms with Crippen molar-refractivity contribution in [3.8, 4) is 0 Å². The molecule has 2 heterocycles. The van der Waals surface area contributed by atoms with Crippen LogP contribution in [-0.4, -0.2) is 73.6 Å². The van der Waals surface area contributed by atoms with Crippen molar-refractivity contribution in [3.05, 3.63) is 29.8 Å². The molecule has 2 saturated heterocycles. The molecular weight excluding hydrogens is 364 g/mol. The first kappa shape index (κ1) is 20.3. The Kier molecular flexibility index (Phi) is 6.86. The van der Waals surface area contributed by atoms with Crippen molar-refractivity contribution in [3.63, 3.8) is 0 Å². The van der Waals surface area contributed by atoms with Gasteiger partial charge in [0.15, 0.2) is 0 Å². The largest absolute Gasteiger partial charge is 0.326 e. The van der Waals surface area contributed by atoms with Crippen molar-refractivity contribution in [1.82, 2.24) is 13.5 Å². The van der Waals surface area contributed by atoms with Crippen LogP contribution in [0.2, 0.25) is 0 Å². The zero-order valence-corrected chi connectivity index (χ0v) is 16.9. The predicted molar refractivity (Wildman–Crippen MR) is 107 cm³/mol. The topological polar surface area (TPSA) is 73.0 Å². The molecule has 2 aliphatic heterocycles. The number of anilines is 1. The van der Waals surface area contributed by atoms with E-state index in [2.05, 4.69) is 17.1 Å². The first-order valence-corrected chi connectivity index (χ1v) is 11.3. The maximum absolute atomic E-state index is 12.6. The number of hydrogen-bond donors (Lipinski definition) is 1. The average molecular weight is 395 g/mol. The number of rotatable bonds is 7. The molecule has 2 aliphatic rings. The fourth-order valence-corrected chi connectivity index (χ4v) is 5.36. The van der Waals surface area contributed by atoms with Gasteiger partial charge in [0.1, 0.15) is 0 Å². The van der Waals surface area contributed by atoms with Crippen LogP contribution < -0.4 is 5.32 Å². The van der Waals surface area contributed by atoms with E-state index >= 15 is 0 Å². The number of nitrogens with one attached hydrogen (secondary N) is 1. The fraction of sp³-hybridized carbons (Fsp3) is 0.632.